The Bertz CT molecular complexity index is 2040. The number of phosphoric ester groups is 3. The minimum atomic E-state index is -5.57. The number of imidazole rings is 1. The summed E-state index contributed by atoms with van der Waals surface area (Å²) >= 11 is 1.07. The molecule has 1 aromatic carbocycles. The van der Waals surface area contributed by atoms with Gasteiger partial charge in [0.05, 0.1) is 19.5 Å². The molecule has 4 rings (SSSR count). The number of nitrogen functional groups attached to an aromatic ring is 1. The van der Waals surface area contributed by atoms with E-state index in [1.54, 1.807) is 0 Å². The molecule has 1 saturated heterocycles. The molecular weight excluding hydrogens is 866 g/mol. The van der Waals surface area contributed by atoms with E-state index < -0.39 is 84.6 Å². The van der Waals surface area contributed by atoms with Gasteiger partial charge in [0.2, 0.25) is 11.8 Å². The maximum Gasteiger partial charge on any atom is 1.00 e. The first-order valence-electron chi connectivity index (χ1n) is 16.7. The van der Waals surface area contributed by atoms with Crippen LogP contribution in [0.25, 0.3) is 11.2 Å². The number of hydrogen-bond acceptors (Lipinski definition) is 18. The van der Waals surface area contributed by atoms with Crippen LogP contribution in [0.1, 0.15) is 33.5 Å². The molecule has 29 heteroatoms. The number of phosphoric acid groups is 3. The number of fused-ring (bicyclic) bond motifs is 1. The normalized spacial score (nSPS) is 21.0. The van der Waals surface area contributed by atoms with E-state index in [9.17, 15) is 57.9 Å². The van der Waals surface area contributed by atoms with Crippen LogP contribution in [0, 0.1) is 5.41 Å². The average Bonchev–Trinajstić information content (AvgIpc) is 3.68. The van der Waals surface area contributed by atoms with Gasteiger partial charge in [0, 0.05) is 37.1 Å². The van der Waals surface area contributed by atoms with Gasteiger partial charge < -0.3 is 52.3 Å². The van der Waals surface area contributed by atoms with Crippen molar-refractivity contribution in [1.29, 1.82) is 0 Å². The number of nitrogens with zero attached hydrogens (tertiary/aromatic N) is 4. The summed E-state index contributed by atoms with van der Waals surface area (Å²) in [5, 5.41) is 26.3. The van der Waals surface area contributed by atoms with E-state index in [2.05, 4.69) is 34.4 Å². The zero-order chi connectivity index (χ0) is 42.2. The van der Waals surface area contributed by atoms with Crippen LogP contribution in [-0.4, -0.2) is 123 Å². The monoisotopic (exact) mass is 909 g/mol. The van der Waals surface area contributed by atoms with Crippen molar-refractivity contribution < 1.29 is 111 Å². The molecule has 10 N–H and O–H groups in total. The van der Waals surface area contributed by atoms with Crippen molar-refractivity contribution in [2.24, 2.45) is 5.41 Å². The quantitative estimate of drug-likeness (QED) is 0.0293. The summed E-state index contributed by atoms with van der Waals surface area (Å²) in [7, 11) is -16.4. The number of hydrogen-bond donors (Lipinski definition) is 9. The number of carbonyl (C=O) groups excluding carboxylic acids is 3. The number of aliphatic hydroxyl groups excluding tert-OH is 2. The van der Waals surface area contributed by atoms with Gasteiger partial charge in [0.25, 0.3) is 0 Å². The molecule has 3 aromatic rings. The zero-order valence-corrected chi connectivity index (χ0v) is 36.7. The Morgan fingerprint density at radius 1 is 1.03 bits per heavy atom. The Balaban J connectivity index is 0.00000600. The van der Waals surface area contributed by atoms with Crippen molar-refractivity contribution >= 4 is 69.1 Å². The molecule has 0 spiro atoms. The summed E-state index contributed by atoms with van der Waals surface area (Å²) in [6, 6.07) is 9.16. The SMILES string of the molecule is CC(C)(COP(=O)(O)OP(=O)(O)OC[C@H]1O[C@@H](n2cnc3c(N)ncnc32)[C@H](O)[C@@H]1OP(=O)(O)O)[C@@H](O)C(=O)NCCC(=O)NCCSC(=O)Cc1ccccc1.[H-].[Na+]. The van der Waals surface area contributed by atoms with Crippen molar-refractivity contribution in [2.45, 2.75) is 57.3 Å². The molecule has 1 fully saturated rings. The van der Waals surface area contributed by atoms with E-state index in [1.807, 2.05) is 30.3 Å². The van der Waals surface area contributed by atoms with Crippen LogP contribution >= 0.6 is 35.2 Å². The fourth-order valence-corrected chi connectivity index (χ4v) is 8.64. The largest absolute Gasteiger partial charge is 1.00 e. The van der Waals surface area contributed by atoms with Crippen molar-refractivity contribution in [3.05, 3.63) is 48.5 Å². The predicted molar refractivity (Wildman–Crippen MR) is 198 cm³/mol. The molecule has 1 aliphatic heterocycles. The standard InChI is InChI=1S/C29H42N7O17P3S.Na.H/c1-29(2,24(40)27(41)32-9-8-19(37)31-10-11-57-20(38)12-17-6-4-3-5-7-17)14-50-56(47,48)53-55(45,46)49-13-18-23(52-54(42,43)44)22(39)28(51-18)36-16-35-21-25(30)33-15-34-26(21)36;;/h3-7,15-16,18,22-24,28,39-40H,8-14H2,1-2H3,(H,31,37)(H,32,41)(H,45,46)(H,47,48)(H2,30,33,34)(H2,42,43,44);;/q;+1;-1/t18-,22-,23-,24+,28-;;/m1../s1. The van der Waals surface area contributed by atoms with Gasteiger partial charge in [-0.3, -0.25) is 32.5 Å². The number of aliphatic hydroxyl groups is 2. The number of aromatic nitrogens is 4. The van der Waals surface area contributed by atoms with Crippen molar-refractivity contribution in [3.63, 3.8) is 0 Å². The van der Waals surface area contributed by atoms with Crippen LogP contribution in [-0.2, 0) is 57.1 Å². The summed E-state index contributed by atoms with van der Waals surface area (Å²) < 4.78 is 62.1. The fourth-order valence-electron chi connectivity index (χ4n) is 5.11. The van der Waals surface area contributed by atoms with Crippen molar-refractivity contribution in [3.8, 4) is 0 Å². The molecule has 2 amide bonds. The van der Waals surface area contributed by atoms with Crippen LogP contribution in [0.3, 0.4) is 0 Å². The predicted octanol–water partition coefficient (Wildman–Crippen LogP) is -2.98. The second-order valence-corrected chi connectivity index (χ2v) is 18.3. The Kier molecular flexibility index (Phi) is 18.6. The third-order valence-corrected chi connectivity index (χ3v) is 11.9. The van der Waals surface area contributed by atoms with E-state index >= 15 is 0 Å². The van der Waals surface area contributed by atoms with Crippen LogP contribution in [0.2, 0.25) is 0 Å². The van der Waals surface area contributed by atoms with Gasteiger partial charge >= 0.3 is 53.0 Å². The van der Waals surface area contributed by atoms with E-state index in [1.165, 1.54) is 13.8 Å². The first-order chi connectivity index (χ1) is 26.6. The number of rotatable bonds is 21. The minimum Gasteiger partial charge on any atom is -1.00 e. The van der Waals surface area contributed by atoms with E-state index in [0.717, 1.165) is 34.5 Å². The van der Waals surface area contributed by atoms with Gasteiger partial charge in [0.1, 0.15) is 36.3 Å². The number of amides is 2. The molecule has 1 aliphatic rings. The number of nitrogens with one attached hydrogen (secondary N) is 2. The maximum atomic E-state index is 12.7. The summed E-state index contributed by atoms with van der Waals surface area (Å²) in [5.74, 6) is -1.13. The van der Waals surface area contributed by atoms with Gasteiger partial charge in [-0.15, -0.1) is 0 Å². The van der Waals surface area contributed by atoms with E-state index in [4.69, 9.17) is 19.5 Å². The molecule has 318 valence electrons. The number of anilines is 1. The average molecular weight is 910 g/mol. The molecule has 0 bridgehead atoms. The molecular formula is C29H43N7NaO17P3S. The molecule has 58 heavy (non-hydrogen) atoms. The molecule has 24 nitrogen and oxygen atoms in total. The van der Waals surface area contributed by atoms with Gasteiger partial charge in [-0.25, -0.2) is 28.6 Å². The van der Waals surface area contributed by atoms with Crippen LogP contribution in [0.15, 0.2) is 43.0 Å². The fraction of sp³-hybridized carbons (Fsp3) is 0.517. The number of benzene rings is 1. The maximum absolute atomic E-state index is 12.7. The Morgan fingerprint density at radius 2 is 1.71 bits per heavy atom. The smallest absolute Gasteiger partial charge is 1.00 e. The zero-order valence-electron chi connectivity index (χ0n) is 32.2. The third kappa shape index (κ3) is 15.0. The first kappa shape index (κ1) is 50.1. The van der Waals surface area contributed by atoms with E-state index in [-0.39, 0.29) is 79.0 Å². The van der Waals surface area contributed by atoms with Gasteiger partial charge in [-0.1, -0.05) is 55.9 Å². The first-order valence-corrected chi connectivity index (χ1v) is 22.2. The van der Waals surface area contributed by atoms with Gasteiger partial charge in [-0.2, -0.15) is 4.31 Å². The Labute approximate surface area is 358 Å². The minimum absolute atomic E-state index is 0. The van der Waals surface area contributed by atoms with Gasteiger partial charge in [-0.05, 0) is 5.56 Å². The number of ether oxygens (including phenoxy) is 1. The molecule has 2 unspecified atom stereocenters. The molecule has 0 aliphatic carbocycles. The molecule has 0 saturated carbocycles. The van der Waals surface area contributed by atoms with E-state index in [0.29, 0.717) is 5.75 Å². The molecule has 2 aromatic heterocycles. The summed E-state index contributed by atoms with van der Waals surface area (Å²) in [6.07, 6.45) is -6.68. The number of carbonyl (C=O) groups is 3. The Morgan fingerprint density at radius 3 is 2.38 bits per heavy atom. The summed E-state index contributed by atoms with van der Waals surface area (Å²) in [5.41, 5.74) is 5.13. The molecule has 3 heterocycles. The van der Waals surface area contributed by atoms with Crippen LogP contribution in [0.4, 0.5) is 5.82 Å². The molecule has 0 radical (unpaired) electrons. The third-order valence-electron chi connectivity index (χ3n) is 7.96. The van der Waals surface area contributed by atoms with Crippen molar-refractivity contribution in [2.75, 3.05) is 37.8 Å². The van der Waals surface area contributed by atoms with Crippen LogP contribution in [0.5, 0.6) is 0 Å². The second kappa shape index (κ2) is 21.5. The Hall–Kier alpha value is -2.22. The molecule has 7 atom stereocenters. The van der Waals surface area contributed by atoms with Crippen molar-refractivity contribution in [1.82, 2.24) is 30.2 Å². The second-order valence-electron chi connectivity index (χ2n) is 13.0. The topological polar surface area (TPSA) is 364 Å². The number of nitrogens with two attached hydrogens (primary N) is 1. The summed E-state index contributed by atoms with van der Waals surface area (Å²) in [6.45, 7) is 0.475. The summed E-state index contributed by atoms with van der Waals surface area (Å²) in [4.78, 5) is 87.7. The number of thioether (sulfide) groups is 1. The van der Waals surface area contributed by atoms with Crippen LogP contribution < -0.4 is 45.9 Å². The van der Waals surface area contributed by atoms with Gasteiger partial charge in [0.15, 0.2) is 22.8 Å².